The number of amides is 1. The van der Waals surface area contributed by atoms with Crippen molar-refractivity contribution in [3.05, 3.63) is 24.9 Å². The second kappa shape index (κ2) is 8.91. The van der Waals surface area contributed by atoms with Crippen LogP contribution < -0.4 is 0 Å². The Kier molecular flexibility index (Phi) is 10.2. The van der Waals surface area contributed by atoms with E-state index in [-0.39, 0.29) is 0 Å². The zero-order valence-corrected chi connectivity index (χ0v) is 7.24. The molecule has 0 aromatic carbocycles. The van der Waals surface area contributed by atoms with Crippen molar-refractivity contribution < 1.29 is 10.0 Å². The molecule has 0 unspecified atom stereocenters. The maximum absolute atomic E-state index is 10.4. The molecule has 3 heteroatoms. The van der Waals surface area contributed by atoms with E-state index in [9.17, 15) is 4.79 Å². The molecular formula is C8H15NO2. The molecule has 0 spiro atoms. The fourth-order valence-electron chi connectivity index (χ4n) is 0.308. The summed E-state index contributed by atoms with van der Waals surface area (Å²) in [5.74, 6) is -0.534. The number of hydrogen-bond acceptors (Lipinski definition) is 2. The fourth-order valence-corrected chi connectivity index (χ4v) is 0.308. The first kappa shape index (κ1) is 12.6. The van der Waals surface area contributed by atoms with E-state index in [1.165, 1.54) is 6.20 Å². The molecule has 0 radical (unpaired) electrons. The fraction of sp³-hybridized carbons (Fsp3) is 0.375. The highest BCUT2D eigenvalue weighted by Crippen LogP contribution is 1.84. The molecule has 0 aliphatic rings. The standard InChI is InChI=1S/C6H9NO2.C2H6/c1-3-5-7(9)6(8)4-2;1-2/h3-5,9H,2H2,1H3;1-2H3/b5-3-;. The van der Waals surface area contributed by atoms with Crippen molar-refractivity contribution in [2.75, 3.05) is 0 Å². The van der Waals surface area contributed by atoms with Crippen molar-refractivity contribution in [3.63, 3.8) is 0 Å². The molecule has 11 heavy (non-hydrogen) atoms. The summed E-state index contributed by atoms with van der Waals surface area (Å²) < 4.78 is 0. The first-order valence-electron chi connectivity index (χ1n) is 3.49. The van der Waals surface area contributed by atoms with E-state index in [4.69, 9.17) is 5.21 Å². The molecule has 0 aromatic heterocycles. The molecule has 0 saturated carbocycles. The van der Waals surface area contributed by atoms with Crippen LogP contribution in [0, 0.1) is 0 Å². The third-order valence-corrected chi connectivity index (χ3v) is 0.691. The van der Waals surface area contributed by atoms with Gasteiger partial charge >= 0.3 is 0 Å². The average molecular weight is 157 g/mol. The molecule has 0 aliphatic carbocycles. The van der Waals surface area contributed by atoms with E-state index in [0.29, 0.717) is 5.06 Å². The van der Waals surface area contributed by atoms with Crippen LogP contribution in [0.25, 0.3) is 0 Å². The van der Waals surface area contributed by atoms with Gasteiger partial charge in [0.25, 0.3) is 5.91 Å². The molecular weight excluding hydrogens is 142 g/mol. The predicted octanol–water partition coefficient (Wildman–Crippen LogP) is 1.95. The molecule has 0 fully saturated rings. The van der Waals surface area contributed by atoms with Crippen molar-refractivity contribution in [2.45, 2.75) is 20.8 Å². The summed E-state index contributed by atoms with van der Waals surface area (Å²) in [5.41, 5.74) is 0. The van der Waals surface area contributed by atoms with Gasteiger partial charge in [-0.15, -0.1) is 0 Å². The Morgan fingerprint density at radius 1 is 1.55 bits per heavy atom. The molecule has 1 N–H and O–H groups in total. The Bertz CT molecular complexity index is 141. The minimum absolute atomic E-state index is 0.465. The zero-order valence-electron chi connectivity index (χ0n) is 7.24. The van der Waals surface area contributed by atoms with Crippen molar-refractivity contribution in [1.29, 1.82) is 0 Å². The number of hydroxylamine groups is 2. The largest absolute Gasteiger partial charge is 0.281 e. The second-order valence-electron chi connectivity index (χ2n) is 1.37. The van der Waals surface area contributed by atoms with Crippen LogP contribution in [0.5, 0.6) is 0 Å². The zero-order chi connectivity index (χ0) is 9.28. The maximum Gasteiger partial charge on any atom is 0.273 e. The van der Waals surface area contributed by atoms with Crippen LogP contribution in [0.4, 0.5) is 0 Å². The smallest absolute Gasteiger partial charge is 0.273 e. The molecule has 0 saturated heterocycles. The van der Waals surface area contributed by atoms with Crippen molar-refractivity contribution >= 4 is 5.91 Å². The first-order chi connectivity index (χ1) is 5.22. The van der Waals surface area contributed by atoms with Crippen LogP contribution in [0.1, 0.15) is 20.8 Å². The van der Waals surface area contributed by atoms with Gasteiger partial charge in [-0.05, 0) is 13.0 Å². The lowest BCUT2D eigenvalue weighted by Gasteiger charge is -2.03. The molecule has 1 amide bonds. The maximum atomic E-state index is 10.4. The summed E-state index contributed by atoms with van der Waals surface area (Å²) >= 11 is 0. The van der Waals surface area contributed by atoms with Gasteiger partial charge in [-0.3, -0.25) is 10.0 Å². The number of allylic oxidation sites excluding steroid dienone is 1. The van der Waals surface area contributed by atoms with Gasteiger partial charge in [0.05, 0.1) is 0 Å². The number of nitrogens with zero attached hydrogens (tertiary/aromatic N) is 1. The lowest BCUT2D eigenvalue weighted by Crippen LogP contribution is -2.18. The van der Waals surface area contributed by atoms with Crippen LogP contribution in [0.2, 0.25) is 0 Å². The molecule has 3 nitrogen and oxygen atoms in total. The van der Waals surface area contributed by atoms with Gasteiger partial charge in [-0.25, -0.2) is 0 Å². The number of hydrogen-bond donors (Lipinski definition) is 1. The van der Waals surface area contributed by atoms with E-state index < -0.39 is 5.91 Å². The van der Waals surface area contributed by atoms with Gasteiger partial charge < -0.3 is 0 Å². The van der Waals surface area contributed by atoms with Crippen LogP contribution in [0.3, 0.4) is 0 Å². The highest BCUT2D eigenvalue weighted by Gasteiger charge is 1.98. The molecule has 0 heterocycles. The number of rotatable bonds is 2. The van der Waals surface area contributed by atoms with E-state index in [0.717, 1.165) is 6.08 Å². The summed E-state index contributed by atoms with van der Waals surface area (Å²) in [5, 5.41) is 9.11. The Morgan fingerprint density at radius 2 is 2.00 bits per heavy atom. The molecule has 0 atom stereocenters. The van der Waals surface area contributed by atoms with E-state index >= 15 is 0 Å². The minimum atomic E-state index is -0.534. The molecule has 0 bridgehead atoms. The SMILES string of the molecule is C=CC(=O)N(O)/C=C\C.CC. The van der Waals surface area contributed by atoms with Gasteiger partial charge in [0, 0.05) is 6.20 Å². The van der Waals surface area contributed by atoms with Gasteiger partial charge in [-0.1, -0.05) is 26.5 Å². The lowest BCUT2D eigenvalue weighted by atomic mass is 10.5. The van der Waals surface area contributed by atoms with Gasteiger partial charge in [0.2, 0.25) is 0 Å². The van der Waals surface area contributed by atoms with Crippen LogP contribution in [-0.2, 0) is 4.79 Å². The summed E-state index contributed by atoms with van der Waals surface area (Å²) in [6, 6.07) is 0. The van der Waals surface area contributed by atoms with Crippen LogP contribution in [-0.4, -0.2) is 16.2 Å². The summed E-state index contributed by atoms with van der Waals surface area (Å²) in [6.07, 6.45) is 3.81. The molecule has 0 rings (SSSR count). The summed E-state index contributed by atoms with van der Waals surface area (Å²) in [4.78, 5) is 10.4. The Balaban J connectivity index is 0. The topological polar surface area (TPSA) is 40.5 Å². The lowest BCUT2D eigenvalue weighted by molar-refractivity contribution is -0.148. The van der Waals surface area contributed by atoms with Crippen molar-refractivity contribution in [3.8, 4) is 0 Å². The Hall–Kier alpha value is -1.09. The van der Waals surface area contributed by atoms with Crippen molar-refractivity contribution in [2.24, 2.45) is 0 Å². The van der Waals surface area contributed by atoms with E-state index in [1.54, 1.807) is 13.0 Å². The van der Waals surface area contributed by atoms with Crippen LogP contribution in [0.15, 0.2) is 24.9 Å². The van der Waals surface area contributed by atoms with E-state index in [1.807, 2.05) is 13.8 Å². The number of carbonyl (C=O) groups is 1. The minimum Gasteiger partial charge on any atom is -0.281 e. The molecule has 0 aromatic rings. The Labute approximate surface area is 67.6 Å². The quantitative estimate of drug-likeness (QED) is 0.378. The summed E-state index contributed by atoms with van der Waals surface area (Å²) in [7, 11) is 0. The van der Waals surface area contributed by atoms with Crippen LogP contribution >= 0.6 is 0 Å². The van der Waals surface area contributed by atoms with Crippen molar-refractivity contribution in [1.82, 2.24) is 5.06 Å². The predicted molar refractivity (Wildman–Crippen MR) is 45.0 cm³/mol. The normalized spacial score (nSPS) is 8.36. The van der Waals surface area contributed by atoms with Gasteiger partial charge in [0.1, 0.15) is 0 Å². The highest BCUT2D eigenvalue weighted by molar-refractivity contribution is 5.86. The van der Waals surface area contributed by atoms with Gasteiger partial charge in [0.15, 0.2) is 0 Å². The first-order valence-corrected chi connectivity index (χ1v) is 3.49. The second-order valence-corrected chi connectivity index (χ2v) is 1.37. The Morgan fingerprint density at radius 3 is 2.27 bits per heavy atom. The van der Waals surface area contributed by atoms with Gasteiger partial charge in [-0.2, -0.15) is 5.06 Å². The molecule has 0 aliphatic heterocycles. The number of carbonyl (C=O) groups excluding carboxylic acids is 1. The highest BCUT2D eigenvalue weighted by atomic mass is 16.5. The third kappa shape index (κ3) is 6.80. The average Bonchev–Trinajstić information content (AvgIpc) is 2.07. The van der Waals surface area contributed by atoms with E-state index in [2.05, 4.69) is 6.58 Å². The summed E-state index contributed by atoms with van der Waals surface area (Å²) in [6.45, 7) is 8.87. The third-order valence-electron chi connectivity index (χ3n) is 0.691. The monoisotopic (exact) mass is 157 g/mol. The molecule has 64 valence electrons.